The second-order valence-electron chi connectivity index (χ2n) is 10.0. The van der Waals surface area contributed by atoms with Crippen LogP contribution in [0.1, 0.15) is 55.4 Å². The molecule has 0 spiro atoms. The molecule has 0 radical (unpaired) electrons. The summed E-state index contributed by atoms with van der Waals surface area (Å²) in [4.78, 5) is 4.86. The van der Waals surface area contributed by atoms with E-state index in [4.69, 9.17) is 0 Å². The van der Waals surface area contributed by atoms with Gasteiger partial charge in [0, 0.05) is 59.1 Å². The molecule has 0 unspecified atom stereocenters. The molecule has 0 fully saturated rings. The number of fused-ring (bicyclic) bond motifs is 8. The number of aromatic nitrogens is 1. The zero-order valence-electron chi connectivity index (χ0n) is 26.3. The third-order valence-corrected chi connectivity index (χ3v) is 8.00. The summed E-state index contributed by atoms with van der Waals surface area (Å²) in [7, 11) is 0. The summed E-state index contributed by atoms with van der Waals surface area (Å²) in [5, 5.41) is 8.08. The number of hydrogen-bond donors (Lipinski definition) is 0. The Balaban J connectivity index is 0.000000433. The van der Waals surface area contributed by atoms with E-state index in [0.29, 0.717) is 0 Å². The molecule has 0 bridgehead atoms. The molecular formula is C38H47N3. The zero-order valence-corrected chi connectivity index (χ0v) is 26.3. The Bertz CT molecular complexity index is 1730. The monoisotopic (exact) mass is 545 g/mol. The van der Waals surface area contributed by atoms with Gasteiger partial charge in [-0.2, -0.15) is 0 Å². The van der Waals surface area contributed by atoms with Crippen molar-refractivity contribution in [2.45, 2.75) is 55.4 Å². The zero-order chi connectivity index (χ0) is 29.5. The van der Waals surface area contributed by atoms with Gasteiger partial charge in [-0.3, -0.25) is 0 Å². The van der Waals surface area contributed by atoms with Crippen LogP contribution in [0.2, 0.25) is 0 Å². The van der Waals surface area contributed by atoms with E-state index in [2.05, 4.69) is 109 Å². The molecule has 0 amide bonds. The third kappa shape index (κ3) is 5.38. The fourth-order valence-electron chi connectivity index (χ4n) is 6.06. The van der Waals surface area contributed by atoms with Crippen molar-refractivity contribution in [3.8, 4) is 0 Å². The van der Waals surface area contributed by atoms with Crippen LogP contribution >= 0.6 is 0 Å². The second-order valence-corrected chi connectivity index (χ2v) is 10.0. The van der Waals surface area contributed by atoms with E-state index in [1.807, 2.05) is 52.0 Å². The van der Waals surface area contributed by atoms with Crippen LogP contribution < -0.4 is 9.80 Å². The van der Waals surface area contributed by atoms with Crippen LogP contribution in [0, 0.1) is 0 Å². The topological polar surface area (TPSA) is 10.9 Å². The molecule has 41 heavy (non-hydrogen) atoms. The van der Waals surface area contributed by atoms with E-state index in [-0.39, 0.29) is 0 Å². The average Bonchev–Trinajstić information content (AvgIpc) is 3.54. The lowest BCUT2D eigenvalue weighted by Crippen LogP contribution is -2.21. The fourth-order valence-corrected chi connectivity index (χ4v) is 6.06. The number of anilines is 2. The van der Waals surface area contributed by atoms with Gasteiger partial charge in [-0.15, -0.1) is 0 Å². The standard InChI is InChI=1S/C30H31N3.C6H10.C2H6/c1-5-31(6-2)21-14-13-20-17-26-23-16-15-22(32(7-3)8-4)19-28(23)33-27-12-10-9-11-24(27)29(30(26)33)25(20)18-21;1-3-5-6-4-2;1-2/h9-19H,5-8H2,1-4H3;3-6H,1-2H3;1-2H3/b;5-3-,6-4-;. The predicted molar refractivity (Wildman–Crippen MR) is 187 cm³/mol. The van der Waals surface area contributed by atoms with Gasteiger partial charge in [0.15, 0.2) is 0 Å². The van der Waals surface area contributed by atoms with Crippen LogP contribution in [0.25, 0.3) is 48.9 Å². The summed E-state index contributed by atoms with van der Waals surface area (Å²) in [6, 6.07) is 25.3. The number of hydrogen-bond acceptors (Lipinski definition) is 2. The van der Waals surface area contributed by atoms with Gasteiger partial charge in [0.25, 0.3) is 0 Å². The molecule has 214 valence electrons. The van der Waals surface area contributed by atoms with E-state index in [9.17, 15) is 0 Å². The molecule has 6 rings (SSSR count). The normalized spacial score (nSPS) is 11.6. The quantitative estimate of drug-likeness (QED) is 0.185. The maximum atomic E-state index is 2.51. The van der Waals surface area contributed by atoms with E-state index in [1.54, 1.807) is 0 Å². The molecule has 0 saturated heterocycles. The highest BCUT2D eigenvalue weighted by Crippen LogP contribution is 2.44. The molecule has 0 aliphatic carbocycles. The lowest BCUT2D eigenvalue weighted by atomic mass is 9.99. The Hall–Kier alpha value is -3.98. The maximum Gasteiger partial charge on any atom is 0.0627 e. The highest BCUT2D eigenvalue weighted by molar-refractivity contribution is 6.31. The molecule has 0 aliphatic rings. The van der Waals surface area contributed by atoms with Crippen molar-refractivity contribution in [2.24, 2.45) is 0 Å². The molecule has 3 heteroatoms. The Morgan fingerprint density at radius 1 is 0.585 bits per heavy atom. The van der Waals surface area contributed by atoms with E-state index >= 15 is 0 Å². The summed E-state index contributed by atoms with van der Waals surface area (Å²) in [5.41, 5.74) is 6.56. The van der Waals surface area contributed by atoms with Gasteiger partial charge in [0.1, 0.15) is 0 Å². The molecule has 3 nitrogen and oxygen atoms in total. The fraction of sp³-hybridized carbons (Fsp3) is 0.316. The highest BCUT2D eigenvalue weighted by Gasteiger charge is 2.20. The van der Waals surface area contributed by atoms with Crippen molar-refractivity contribution in [3.63, 3.8) is 0 Å². The van der Waals surface area contributed by atoms with Gasteiger partial charge in [0.05, 0.1) is 16.6 Å². The van der Waals surface area contributed by atoms with Gasteiger partial charge in [0.2, 0.25) is 0 Å². The Kier molecular flexibility index (Phi) is 9.94. The highest BCUT2D eigenvalue weighted by atomic mass is 15.1. The minimum absolute atomic E-state index is 1.02. The Morgan fingerprint density at radius 3 is 1.78 bits per heavy atom. The SMILES string of the molecule is C/C=C\C=C/C.CC.CCN(CC)c1ccc2cc3c4ccc(N(CC)CC)cc4n4c5ccccc5c(c2c1)c34. The first-order valence-corrected chi connectivity index (χ1v) is 15.5. The largest absolute Gasteiger partial charge is 0.372 e. The van der Waals surface area contributed by atoms with Gasteiger partial charge < -0.3 is 14.2 Å². The van der Waals surface area contributed by atoms with Crippen molar-refractivity contribution < 1.29 is 0 Å². The second kappa shape index (κ2) is 13.6. The van der Waals surface area contributed by atoms with Crippen molar-refractivity contribution in [1.29, 1.82) is 0 Å². The lowest BCUT2D eigenvalue weighted by Gasteiger charge is -2.21. The number of allylic oxidation sites excluding steroid dienone is 4. The molecule has 6 aromatic rings. The third-order valence-electron chi connectivity index (χ3n) is 8.00. The first kappa shape index (κ1) is 30.0. The molecular weight excluding hydrogens is 498 g/mol. The van der Waals surface area contributed by atoms with E-state index in [1.165, 1.54) is 60.2 Å². The van der Waals surface area contributed by atoms with Crippen LogP contribution in [0.3, 0.4) is 0 Å². The summed E-state index contributed by atoms with van der Waals surface area (Å²) in [6.45, 7) is 21.0. The summed E-state index contributed by atoms with van der Waals surface area (Å²) < 4.78 is 2.51. The molecule has 0 N–H and O–H groups in total. The van der Waals surface area contributed by atoms with E-state index < -0.39 is 0 Å². The minimum atomic E-state index is 1.02. The predicted octanol–water partition coefficient (Wildman–Crippen LogP) is 10.8. The van der Waals surface area contributed by atoms with Crippen LogP contribution in [-0.4, -0.2) is 30.6 Å². The van der Waals surface area contributed by atoms with Crippen molar-refractivity contribution in [2.75, 3.05) is 36.0 Å². The van der Waals surface area contributed by atoms with Gasteiger partial charge >= 0.3 is 0 Å². The van der Waals surface area contributed by atoms with Gasteiger partial charge in [-0.25, -0.2) is 0 Å². The molecule has 2 aromatic heterocycles. The number of benzene rings is 4. The molecule has 2 heterocycles. The van der Waals surface area contributed by atoms with E-state index in [0.717, 1.165) is 26.2 Å². The van der Waals surface area contributed by atoms with Gasteiger partial charge in [-0.05, 0) is 88.7 Å². The molecule has 4 aromatic carbocycles. The number of nitrogens with zero attached hydrogens (tertiary/aromatic N) is 3. The van der Waals surface area contributed by atoms with Crippen LogP contribution in [0.4, 0.5) is 11.4 Å². The Labute approximate surface area is 246 Å². The summed E-state index contributed by atoms with van der Waals surface area (Å²) in [5.74, 6) is 0. The smallest absolute Gasteiger partial charge is 0.0627 e. The average molecular weight is 546 g/mol. The minimum Gasteiger partial charge on any atom is -0.372 e. The van der Waals surface area contributed by atoms with Crippen LogP contribution in [-0.2, 0) is 0 Å². The maximum absolute atomic E-state index is 2.51. The summed E-state index contributed by atoms with van der Waals surface area (Å²) in [6.07, 6.45) is 8.00. The van der Waals surface area contributed by atoms with Crippen molar-refractivity contribution >= 4 is 60.2 Å². The van der Waals surface area contributed by atoms with Crippen LogP contribution in [0.5, 0.6) is 0 Å². The molecule has 0 aliphatic heterocycles. The number of para-hydroxylation sites is 1. The molecule has 0 saturated carbocycles. The van der Waals surface area contributed by atoms with Crippen molar-refractivity contribution in [3.05, 3.63) is 91.0 Å². The van der Waals surface area contributed by atoms with Gasteiger partial charge in [-0.1, -0.05) is 68.5 Å². The molecule has 0 atom stereocenters. The first-order chi connectivity index (χ1) is 20.1. The van der Waals surface area contributed by atoms with Crippen LogP contribution in [0.15, 0.2) is 91.0 Å². The Morgan fingerprint density at radius 2 is 1.17 bits per heavy atom. The lowest BCUT2D eigenvalue weighted by molar-refractivity contribution is 0.867. The van der Waals surface area contributed by atoms with Crippen molar-refractivity contribution in [1.82, 2.24) is 4.40 Å². The number of rotatable bonds is 7. The first-order valence-electron chi connectivity index (χ1n) is 15.5. The summed E-state index contributed by atoms with van der Waals surface area (Å²) >= 11 is 0.